The monoisotopic (exact) mass is 466 g/mol. The summed E-state index contributed by atoms with van der Waals surface area (Å²) in [6.45, 7) is 0.467. The summed E-state index contributed by atoms with van der Waals surface area (Å²) < 4.78 is 46.5. The third kappa shape index (κ3) is 4.36. The highest BCUT2D eigenvalue weighted by Gasteiger charge is 2.31. The van der Waals surface area contributed by atoms with Crippen LogP contribution in [0.3, 0.4) is 0 Å². The summed E-state index contributed by atoms with van der Waals surface area (Å²) in [6.07, 6.45) is 0.824. The molecule has 8 heteroatoms. The topological polar surface area (TPSA) is 79.6 Å². The number of hydrogen-bond acceptors (Lipinski definition) is 4. The summed E-state index contributed by atoms with van der Waals surface area (Å²) in [7, 11) is -3.65. The molecule has 1 aromatic heterocycles. The van der Waals surface area contributed by atoms with Crippen LogP contribution in [0.4, 0.5) is 10.1 Å². The summed E-state index contributed by atoms with van der Waals surface area (Å²) in [5.41, 5.74) is 2.28. The highest BCUT2D eigenvalue weighted by Crippen LogP contribution is 2.31. The molecule has 0 radical (unpaired) electrons. The number of hydrogen-bond donors (Lipinski definition) is 1. The van der Waals surface area contributed by atoms with E-state index in [1.165, 1.54) is 22.5 Å². The fraction of sp³-hybridized carbons (Fsp3) is 0.240. The zero-order valence-corrected chi connectivity index (χ0v) is 18.6. The lowest BCUT2D eigenvalue weighted by Gasteiger charge is -2.30. The van der Waals surface area contributed by atoms with Crippen LogP contribution in [0.5, 0.6) is 0 Å². The number of amides is 1. The molecule has 2 heterocycles. The van der Waals surface area contributed by atoms with Crippen molar-refractivity contribution in [1.29, 1.82) is 0 Å². The van der Waals surface area contributed by atoms with E-state index >= 15 is 0 Å². The van der Waals surface area contributed by atoms with Crippen molar-refractivity contribution in [2.75, 3.05) is 18.4 Å². The Morgan fingerprint density at radius 3 is 2.45 bits per heavy atom. The Bertz CT molecular complexity index is 1440. The van der Waals surface area contributed by atoms with Crippen LogP contribution < -0.4 is 5.32 Å². The smallest absolute Gasteiger partial charge is 0.227 e. The number of nitrogens with zero attached hydrogens (tertiary/aromatic N) is 1. The fourth-order valence-electron chi connectivity index (χ4n) is 4.35. The lowest BCUT2D eigenvalue weighted by atomic mass is 9.97. The third-order valence-electron chi connectivity index (χ3n) is 6.16. The van der Waals surface area contributed by atoms with Gasteiger partial charge in [0.25, 0.3) is 0 Å². The predicted octanol–water partition coefficient (Wildman–Crippen LogP) is 4.91. The minimum atomic E-state index is -3.65. The molecule has 4 aromatic rings. The molecular formula is C25H23FN2O4S. The predicted molar refractivity (Wildman–Crippen MR) is 126 cm³/mol. The van der Waals surface area contributed by atoms with Crippen molar-refractivity contribution >= 4 is 43.6 Å². The number of carbonyl (C=O) groups is 1. The largest absolute Gasteiger partial charge is 0.456 e. The minimum absolute atomic E-state index is 0.142. The van der Waals surface area contributed by atoms with E-state index < -0.39 is 15.8 Å². The number of furan rings is 1. The first kappa shape index (κ1) is 21.6. The quantitative estimate of drug-likeness (QED) is 0.453. The Morgan fingerprint density at radius 1 is 0.970 bits per heavy atom. The summed E-state index contributed by atoms with van der Waals surface area (Å²) in [5.74, 6) is -1.35. The second-order valence-corrected chi connectivity index (χ2v) is 10.3. The van der Waals surface area contributed by atoms with Crippen LogP contribution in [-0.4, -0.2) is 31.7 Å². The summed E-state index contributed by atoms with van der Waals surface area (Å²) in [5, 5.41) is 4.94. The molecule has 1 N–H and O–H groups in total. The van der Waals surface area contributed by atoms with Crippen LogP contribution >= 0.6 is 0 Å². The van der Waals surface area contributed by atoms with Gasteiger partial charge in [-0.15, -0.1) is 0 Å². The van der Waals surface area contributed by atoms with Crippen LogP contribution in [0, 0.1) is 11.7 Å². The molecular weight excluding hydrogens is 443 g/mol. The zero-order chi connectivity index (χ0) is 23.0. The van der Waals surface area contributed by atoms with Gasteiger partial charge in [-0.1, -0.05) is 36.4 Å². The molecule has 0 saturated carbocycles. The molecule has 1 fully saturated rings. The Kier molecular flexibility index (Phi) is 5.64. The van der Waals surface area contributed by atoms with Gasteiger partial charge in [0, 0.05) is 47.1 Å². The second-order valence-electron chi connectivity index (χ2n) is 8.32. The van der Waals surface area contributed by atoms with E-state index in [4.69, 9.17) is 4.42 Å². The van der Waals surface area contributed by atoms with Gasteiger partial charge in [0.15, 0.2) is 0 Å². The Hall–Kier alpha value is -3.23. The molecule has 0 atom stereocenters. The highest BCUT2D eigenvalue weighted by molar-refractivity contribution is 7.88. The van der Waals surface area contributed by atoms with Crippen molar-refractivity contribution in [3.63, 3.8) is 0 Å². The molecule has 0 bridgehead atoms. The van der Waals surface area contributed by atoms with Crippen LogP contribution in [0.15, 0.2) is 71.1 Å². The maximum atomic E-state index is 13.9. The number of para-hydroxylation sites is 1. The molecule has 1 aliphatic rings. The van der Waals surface area contributed by atoms with Crippen LogP contribution in [-0.2, 0) is 20.6 Å². The highest BCUT2D eigenvalue weighted by atomic mass is 32.2. The molecule has 0 aliphatic carbocycles. The molecule has 1 amide bonds. The number of piperidine rings is 1. The Balaban J connectivity index is 1.22. The number of halogens is 1. The van der Waals surface area contributed by atoms with E-state index in [2.05, 4.69) is 5.32 Å². The molecule has 6 nitrogen and oxygen atoms in total. The SMILES string of the molecule is O=C(Nc1ccc2c(c1)oc1ccccc12)C1CCN(S(=O)(=O)Cc2ccccc2F)CC1. The second kappa shape index (κ2) is 8.61. The molecule has 33 heavy (non-hydrogen) atoms. The first-order chi connectivity index (χ1) is 15.9. The number of nitrogens with one attached hydrogen (secondary N) is 1. The average molecular weight is 467 g/mol. The van der Waals surface area contributed by atoms with Crippen molar-refractivity contribution < 1.29 is 22.0 Å². The van der Waals surface area contributed by atoms with Gasteiger partial charge in [-0.3, -0.25) is 4.79 Å². The van der Waals surface area contributed by atoms with Gasteiger partial charge in [0.1, 0.15) is 17.0 Å². The van der Waals surface area contributed by atoms with Crippen molar-refractivity contribution in [3.05, 3.63) is 78.1 Å². The lowest BCUT2D eigenvalue weighted by molar-refractivity contribution is -0.120. The number of sulfonamides is 1. The van der Waals surface area contributed by atoms with E-state index in [1.807, 2.05) is 36.4 Å². The minimum Gasteiger partial charge on any atom is -0.456 e. The molecule has 170 valence electrons. The number of benzene rings is 3. The van der Waals surface area contributed by atoms with E-state index in [0.29, 0.717) is 24.1 Å². The first-order valence-corrected chi connectivity index (χ1v) is 12.4. The van der Waals surface area contributed by atoms with Crippen molar-refractivity contribution in [2.45, 2.75) is 18.6 Å². The molecule has 1 saturated heterocycles. The van der Waals surface area contributed by atoms with E-state index in [9.17, 15) is 17.6 Å². The summed E-state index contributed by atoms with van der Waals surface area (Å²) in [4.78, 5) is 12.8. The fourth-order valence-corrected chi connectivity index (χ4v) is 5.92. The zero-order valence-electron chi connectivity index (χ0n) is 17.8. The molecule has 3 aromatic carbocycles. The van der Waals surface area contributed by atoms with Gasteiger partial charge < -0.3 is 9.73 Å². The Morgan fingerprint density at radius 2 is 1.67 bits per heavy atom. The molecule has 5 rings (SSSR count). The van der Waals surface area contributed by atoms with Crippen molar-refractivity contribution in [3.8, 4) is 0 Å². The summed E-state index contributed by atoms with van der Waals surface area (Å²) in [6, 6.07) is 19.2. The van der Waals surface area contributed by atoms with E-state index in [-0.39, 0.29) is 36.2 Å². The third-order valence-corrected chi connectivity index (χ3v) is 7.99. The van der Waals surface area contributed by atoms with Crippen LogP contribution in [0.1, 0.15) is 18.4 Å². The van der Waals surface area contributed by atoms with Crippen LogP contribution in [0.2, 0.25) is 0 Å². The molecule has 1 aliphatic heterocycles. The number of fused-ring (bicyclic) bond motifs is 3. The van der Waals surface area contributed by atoms with Gasteiger partial charge in [0.05, 0.1) is 5.75 Å². The average Bonchev–Trinajstić information content (AvgIpc) is 3.18. The van der Waals surface area contributed by atoms with Gasteiger partial charge in [0.2, 0.25) is 15.9 Å². The van der Waals surface area contributed by atoms with E-state index in [0.717, 1.165) is 16.4 Å². The molecule has 0 unspecified atom stereocenters. The Labute approximate surface area is 191 Å². The van der Waals surface area contributed by atoms with Crippen molar-refractivity contribution in [2.24, 2.45) is 5.92 Å². The number of rotatable bonds is 5. The maximum absolute atomic E-state index is 13.9. The van der Waals surface area contributed by atoms with Gasteiger partial charge in [-0.05, 0) is 37.1 Å². The van der Waals surface area contributed by atoms with Gasteiger partial charge >= 0.3 is 0 Å². The standard InChI is InChI=1S/C25H23FN2O4S/c26-22-7-3-1-5-18(22)16-33(30,31)28-13-11-17(12-14-28)25(29)27-19-9-10-21-20-6-2-4-8-23(20)32-24(21)15-19/h1-10,15,17H,11-14,16H2,(H,27,29). The number of carbonyl (C=O) groups excluding carboxylic acids is 1. The number of anilines is 1. The maximum Gasteiger partial charge on any atom is 0.227 e. The van der Waals surface area contributed by atoms with Gasteiger partial charge in [-0.25, -0.2) is 17.1 Å². The van der Waals surface area contributed by atoms with Crippen LogP contribution in [0.25, 0.3) is 21.9 Å². The molecule has 0 spiro atoms. The van der Waals surface area contributed by atoms with Crippen molar-refractivity contribution in [1.82, 2.24) is 4.31 Å². The first-order valence-electron chi connectivity index (χ1n) is 10.8. The normalized spacial score (nSPS) is 15.8. The van der Waals surface area contributed by atoms with Gasteiger partial charge in [-0.2, -0.15) is 0 Å². The lowest BCUT2D eigenvalue weighted by Crippen LogP contribution is -2.42. The van der Waals surface area contributed by atoms with E-state index in [1.54, 1.807) is 12.1 Å². The summed E-state index contributed by atoms with van der Waals surface area (Å²) >= 11 is 0.